The van der Waals surface area contributed by atoms with Gasteiger partial charge in [0, 0.05) is 26.3 Å². The van der Waals surface area contributed by atoms with Crippen LogP contribution in [0.3, 0.4) is 0 Å². The second-order valence-electron chi connectivity index (χ2n) is 6.51. The van der Waals surface area contributed by atoms with Crippen LogP contribution in [0, 0.1) is 17.5 Å². The quantitative estimate of drug-likeness (QED) is 0.738. The topological polar surface area (TPSA) is 35.6 Å². The fraction of sp³-hybridized carbons (Fsp3) is 0.350. The molecule has 146 valence electrons. The highest BCUT2D eigenvalue weighted by molar-refractivity contribution is 5.94. The molecule has 0 radical (unpaired) electrons. The molecular formula is C20H24F3N3O. The predicted octanol–water partition coefficient (Wildman–Crippen LogP) is 4.02. The maximum atomic E-state index is 13.8. The molecule has 2 aromatic rings. The number of halogens is 3. The lowest BCUT2D eigenvalue weighted by molar-refractivity contribution is -0.120. The molecule has 0 aliphatic heterocycles. The van der Waals surface area contributed by atoms with Crippen molar-refractivity contribution in [3.8, 4) is 0 Å². The molecule has 0 aliphatic carbocycles. The van der Waals surface area contributed by atoms with Crippen LogP contribution in [0.15, 0.2) is 36.4 Å². The number of anilines is 2. The molecule has 0 spiro atoms. The SMILES string of the molecule is CCN(Cc1ccc(N(C)C)cc1)[C@@H](C)C(=O)Nc1ccc(F)c(F)c1F. The van der Waals surface area contributed by atoms with Gasteiger partial charge in [-0.1, -0.05) is 19.1 Å². The van der Waals surface area contributed by atoms with Crippen LogP contribution in [-0.4, -0.2) is 37.5 Å². The first-order chi connectivity index (χ1) is 12.7. The summed E-state index contributed by atoms with van der Waals surface area (Å²) in [5.74, 6) is -4.80. The maximum Gasteiger partial charge on any atom is 0.241 e. The molecule has 0 saturated heterocycles. The van der Waals surface area contributed by atoms with Gasteiger partial charge in [0.05, 0.1) is 11.7 Å². The van der Waals surface area contributed by atoms with Crippen molar-refractivity contribution < 1.29 is 18.0 Å². The van der Waals surface area contributed by atoms with E-state index in [0.717, 1.165) is 23.4 Å². The van der Waals surface area contributed by atoms with Crippen LogP contribution >= 0.6 is 0 Å². The minimum Gasteiger partial charge on any atom is -0.378 e. The zero-order valence-corrected chi connectivity index (χ0v) is 15.9. The van der Waals surface area contributed by atoms with E-state index in [2.05, 4.69) is 5.32 Å². The Balaban J connectivity index is 2.08. The van der Waals surface area contributed by atoms with Crippen molar-refractivity contribution >= 4 is 17.3 Å². The van der Waals surface area contributed by atoms with Gasteiger partial charge in [-0.25, -0.2) is 13.2 Å². The number of rotatable bonds is 7. The van der Waals surface area contributed by atoms with E-state index in [0.29, 0.717) is 13.1 Å². The number of hydrogen-bond acceptors (Lipinski definition) is 3. The summed E-state index contributed by atoms with van der Waals surface area (Å²) < 4.78 is 40.1. The van der Waals surface area contributed by atoms with Gasteiger partial charge in [0.1, 0.15) is 0 Å². The van der Waals surface area contributed by atoms with E-state index in [-0.39, 0.29) is 5.69 Å². The maximum absolute atomic E-state index is 13.8. The molecule has 1 N–H and O–H groups in total. The van der Waals surface area contributed by atoms with Crippen molar-refractivity contribution in [3.05, 3.63) is 59.4 Å². The first-order valence-electron chi connectivity index (χ1n) is 8.69. The van der Waals surface area contributed by atoms with Crippen molar-refractivity contribution in [1.82, 2.24) is 4.90 Å². The molecule has 1 atom stereocenters. The number of benzene rings is 2. The minimum absolute atomic E-state index is 0.378. The Labute approximate surface area is 157 Å². The molecule has 7 heteroatoms. The standard InChI is InChI=1S/C20H24F3N3O/c1-5-26(12-14-6-8-15(9-7-14)25(3)4)13(2)20(27)24-17-11-10-16(21)18(22)19(17)23/h6-11,13H,5,12H2,1-4H3,(H,24,27)/t13-/m0/s1. The number of likely N-dealkylation sites (N-methyl/N-ethyl adjacent to an activating group) is 1. The van der Waals surface area contributed by atoms with Gasteiger partial charge >= 0.3 is 0 Å². The van der Waals surface area contributed by atoms with Crippen LogP contribution in [0.25, 0.3) is 0 Å². The van der Waals surface area contributed by atoms with Gasteiger partial charge in [-0.05, 0) is 43.3 Å². The fourth-order valence-corrected chi connectivity index (χ4v) is 2.68. The van der Waals surface area contributed by atoms with Crippen LogP contribution in [0.5, 0.6) is 0 Å². The average Bonchev–Trinajstić information content (AvgIpc) is 2.66. The fourth-order valence-electron chi connectivity index (χ4n) is 2.68. The Hall–Kier alpha value is -2.54. The Morgan fingerprint density at radius 1 is 1.04 bits per heavy atom. The predicted molar refractivity (Wildman–Crippen MR) is 101 cm³/mol. The van der Waals surface area contributed by atoms with Gasteiger partial charge in [-0.2, -0.15) is 0 Å². The summed E-state index contributed by atoms with van der Waals surface area (Å²) in [6, 6.07) is 9.15. The highest BCUT2D eigenvalue weighted by Crippen LogP contribution is 2.21. The van der Waals surface area contributed by atoms with Gasteiger partial charge in [-0.3, -0.25) is 9.69 Å². The van der Waals surface area contributed by atoms with E-state index >= 15 is 0 Å². The van der Waals surface area contributed by atoms with Crippen molar-refractivity contribution in [2.75, 3.05) is 30.9 Å². The second kappa shape index (κ2) is 8.90. The normalized spacial score (nSPS) is 12.1. The number of carbonyl (C=O) groups excluding carboxylic acids is 1. The first kappa shape index (κ1) is 20.8. The van der Waals surface area contributed by atoms with Crippen LogP contribution in [0.1, 0.15) is 19.4 Å². The third kappa shape index (κ3) is 5.01. The summed E-state index contributed by atoms with van der Waals surface area (Å²) >= 11 is 0. The van der Waals surface area contributed by atoms with E-state index in [1.807, 2.05) is 55.1 Å². The molecule has 2 rings (SSSR count). The number of carbonyl (C=O) groups is 1. The molecule has 0 aromatic heterocycles. The number of amides is 1. The second-order valence-corrected chi connectivity index (χ2v) is 6.51. The molecular weight excluding hydrogens is 355 g/mol. The van der Waals surface area contributed by atoms with Gasteiger partial charge in [0.15, 0.2) is 17.5 Å². The molecule has 0 heterocycles. The third-order valence-corrected chi connectivity index (χ3v) is 4.46. The molecule has 0 aliphatic rings. The van der Waals surface area contributed by atoms with E-state index in [1.54, 1.807) is 6.92 Å². The number of nitrogens with one attached hydrogen (secondary N) is 1. The van der Waals surface area contributed by atoms with E-state index in [4.69, 9.17) is 0 Å². The van der Waals surface area contributed by atoms with E-state index in [9.17, 15) is 18.0 Å². The monoisotopic (exact) mass is 379 g/mol. The molecule has 0 saturated carbocycles. The van der Waals surface area contributed by atoms with Gasteiger partial charge in [-0.15, -0.1) is 0 Å². The van der Waals surface area contributed by atoms with Crippen molar-refractivity contribution in [2.45, 2.75) is 26.4 Å². The molecule has 27 heavy (non-hydrogen) atoms. The summed E-state index contributed by atoms with van der Waals surface area (Å²) in [5, 5.41) is 2.33. The average molecular weight is 379 g/mol. The van der Waals surface area contributed by atoms with Crippen LogP contribution in [-0.2, 0) is 11.3 Å². The lowest BCUT2D eigenvalue weighted by Crippen LogP contribution is -2.41. The first-order valence-corrected chi connectivity index (χ1v) is 8.69. The Kier molecular flexibility index (Phi) is 6.85. The molecule has 0 bridgehead atoms. The highest BCUT2D eigenvalue weighted by Gasteiger charge is 2.22. The van der Waals surface area contributed by atoms with E-state index in [1.165, 1.54) is 0 Å². The van der Waals surface area contributed by atoms with Crippen LogP contribution in [0.2, 0.25) is 0 Å². The molecule has 2 aromatic carbocycles. The van der Waals surface area contributed by atoms with Gasteiger partial charge in [0.25, 0.3) is 0 Å². The van der Waals surface area contributed by atoms with Crippen molar-refractivity contribution in [1.29, 1.82) is 0 Å². The number of hydrogen-bond donors (Lipinski definition) is 1. The highest BCUT2D eigenvalue weighted by atomic mass is 19.2. The van der Waals surface area contributed by atoms with Gasteiger partial charge in [0.2, 0.25) is 5.91 Å². The van der Waals surface area contributed by atoms with Crippen molar-refractivity contribution in [3.63, 3.8) is 0 Å². The van der Waals surface area contributed by atoms with Gasteiger partial charge < -0.3 is 10.2 Å². The molecule has 0 fully saturated rings. The summed E-state index contributed by atoms with van der Waals surface area (Å²) in [7, 11) is 3.91. The van der Waals surface area contributed by atoms with Crippen LogP contribution < -0.4 is 10.2 Å². The largest absolute Gasteiger partial charge is 0.378 e. The van der Waals surface area contributed by atoms with E-state index < -0.39 is 29.4 Å². The minimum atomic E-state index is -1.60. The Morgan fingerprint density at radius 3 is 2.22 bits per heavy atom. The third-order valence-electron chi connectivity index (χ3n) is 4.46. The lowest BCUT2D eigenvalue weighted by atomic mass is 10.1. The van der Waals surface area contributed by atoms with Crippen molar-refractivity contribution in [2.24, 2.45) is 0 Å². The zero-order valence-electron chi connectivity index (χ0n) is 15.9. The summed E-state index contributed by atoms with van der Waals surface area (Å²) in [5.41, 5.74) is 1.72. The molecule has 1 amide bonds. The Morgan fingerprint density at radius 2 is 1.67 bits per heavy atom. The number of nitrogens with zero attached hydrogens (tertiary/aromatic N) is 2. The summed E-state index contributed by atoms with van der Waals surface area (Å²) in [6.45, 7) is 4.71. The zero-order chi connectivity index (χ0) is 20.1. The van der Waals surface area contributed by atoms with Crippen LogP contribution in [0.4, 0.5) is 24.5 Å². The Bertz CT molecular complexity index is 794. The molecule has 0 unspecified atom stereocenters. The smallest absolute Gasteiger partial charge is 0.241 e. The molecule has 4 nitrogen and oxygen atoms in total. The summed E-state index contributed by atoms with van der Waals surface area (Å²) in [6.07, 6.45) is 0. The lowest BCUT2D eigenvalue weighted by Gasteiger charge is -2.27. The summed E-state index contributed by atoms with van der Waals surface area (Å²) in [4.78, 5) is 16.3.